The van der Waals surface area contributed by atoms with Crippen molar-refractivity contribution < 1.29 is 22.4 Å². The van der Waals surface area contributed by atoms with Crippen molar-refractivity contribution >= 4 is 18.3 Å². The number of anilines is 1. The van der Waals surface area contributed by atoms with Crippen molar-refractivity contribution in [1.29, 1.82) is 0 Å². The zero-order valence-electron chi connectivity index (χ0n) is 4.64. The topological polar surface area (TPSA) is 26.0 Å². The summed E-state index contributed by atoms with van der Waals surface area (Å²) in [6.45, 7) is 0. The third-order valence-corrected chi connectivity index (χ3v) is 1.19. The number of thiol groups is 1. The molecule has 0 bridgehead atoms. The number of nitrogen functional groups attached to an aromatic ring is 1. The summed E-state index contributed by atoms with van der Waals surface area (Å²) in [5.41, 5.74) is 6.17. The van der Waals surface area contributed by atoms with Crippen LogP contribution in [0.25, 0.3) is 0 Å². The first-order chi connectivity index (χ1) is 3.79. The molecule has 0 unspecified atom stereocenters. The first kappa shape index (κ1) is 9.11. The summed E-state index contributed by atoms with van der Waals surface area (Å²) in [5.74, 6) is 0. The van der Waals surface area contributed by atoms with Crippen molar-refractivity contribution in [2.24, 2.45) is 0 Å². The minimum atomic E-state index is 0. The maximum atomic E-state index is 5.39. The number of hydrogen-bond acceptors (Lipinski definition) is 2. The van der Waals surface area contributed by atoms with Gasteiger partial charge in [0.1, 0.15) is 0 Å². The van der Waals surface area contributed by atoms with E-state index in [1.807, 2.05) is 24.3 Å². The van der Waals surface area contributed by atoms with Crippen molar-refractivity contribution in [3.05, 3.63) is 24.3 Å². The molecule has 0 fully saturated rings. The molecule has 1 aromatic rings. The van der Waals surface area contributed by atoms with Gasteiger partial charge in [-0.3, -0.25) is 0 Å². The van der Waals surface area contributed by atoms with Gasteiger partial charge in [0.25, 0.3) is 0 Å². The zero-order valence-corrected chi connectivity index (χ0v) is 7.70. The Kier molecular flexibility index (Phi) is 4.06. The largest absolute Gasteiger partial charge is 1.00 e. The summed E-state index contributed by atoms with van der Waals surface area (Å²) in [7, 11) is 0. The van der Waals surface area contributed by atoms with Crippen LogP contribution in [0.15, 0.2) is 29.2 Å². The molecule has 3 heteroatoms. The van der Waals surface area contributed by atoms with Crippen LogP contribution in [0.1, 0.15) is 0 Å². The van der Waals surface area contributed by atoms with Gasteiger partial charge in [-0.2, -0.15) is 0 Å². The second kappa shape index (κ2) is 4.01. The van der Waals surface area contributed by atoms with E-state index >= 15 is 0 Å². The molecule has 0 atom stereocenters. The molecular weight excluding hydrogens is 315 g/mol. The van der Waals surface area contributed by atoms with E-state index in [1.54, 1.807) is 0 Å². The average Bonchev–Trinajstić information content (AvgIpc) is 1.77. The average molecular weight is 322 g/mol. The third kappa shape index (κ3) is 2.96. The van der Waals surface area contributed by atoms with E-state index in [1.165, 1.54) is 0 Å². The van der Waals surface area contributed by atoms with E-state index in [-0.39, 0.29) is 22.4 Å². The minimum Gasteiger partial charge on any atom is -0.399 e. The molecule has 52 valence electrons. The van der Waals surface area contributed by atoms with E-state index in [4.69, 9.17) is 5.73 Å². The quantitative estimate of drug-likeness (QED) is 0.423. The van der Waals surface area contributed by atoms with E-state index in [0.717, 1.165) is 10.6 Å². The predicted octanol–water partition coefficient (Wildman–Crippen LogP) is 1.55. The van der Waals surface area contributed by atoms with Gasteiger partial charge in [0, 0.05) is 10.6 Å². The SMILES string of the molecule is Nc1ccc(S)cc1.[Au+]. The van der Waals surface area contributed by atoms with E-state index in [9.17, 15) is 0 Å². The van der Waals surface area contributed by atoms with Crippen LogP contribution < -0.4 is 5.73 Å². The van der Waals surface area contributed by atoms with E-state index < -0.39 is 0 Å². The summed E-state index contributed by atoms with van der Waals surface area (Å²) in [5, 5.41) is 0. The Morgan fingerprint density at radius 2 is 1.56 bits per heavy atom. The van der Waals surface area contributed by atoms with Gasteiger partial charge in [0.15, 0.2) is 0 Å². The van der Waals surface area contributed by atoms with Crippen molar-refractivity contribution in [2.45, 2.75) is 4.90 Å². The van der Waals surface area contributed by atoms with Crippen LogP contribution in [-0.4, -0.2) is 0 Å². The molecule has 0 aliphatic rings. The molecule has 0 saturated heterocycles. The van der Waals surface area contributed by atoms with Gasteiger partial charge in [0.2, 0.25) is 0 Å². The van der Waals surface area contributed by atoms with Crippen molar-refractivity contribution in [3.63, 3.8) is 0 Å². The molecule has 1 rings (SSSR count). The Balaban J connectivity index is 0.000000640. The second-order valence-corrected chi connectivity index (χ2v) is 2.11. The van der Waals surface area contributed by atoms with Crippen molar-refractivity contribution in [1.82, 2.24) is 0 Å². The fourth-order valence-electron chi connectivity index (χ4n) is 0.474. The van der Waals surface area contributed by atoms with Crippen LogP contribution in [-0.2, 0) is 22.4 Å². The van der Waals surface area contributed by atoms with Gasteiger partial charge < -0.3 is 5.73 Å². The number of nitrogens with two attached hydrogens (primary N) is 1. The van der Waals surface area contributed by atoms with Crippen molar-refractivity contribution in [3.8, 4) is 0 Å². The van der Waals surface area contributed by atoms with E-state index in [2.05, 4.69) is 12.6 Å². The number of benzene rings is 1. The summed E-state index contributed by atoms with van der Waals surface area (Å²) in [6, 6.07) is 7.36. The van der Waals surface area contributed by atoms with Gasteiger partial charge in [-0.05, 0) is 24.3 Å². The maximum absolute atomic E-state index is 5.39. The summed E-state index contributed by atoms with van der Waals surface area (Å²) in [6.07, 6.45) is 0. The smallest absolute Gasteiger partial charge is 0.399 e. The van der Waals surface area contributed by atoms with Crippen LogP contribution in [0, 0.1) is 0 Å². The molecular formula is C6H7AuNS+. The molecule has 0 saturated carbocycles. The molecule has 0 heterocycles. The van der Waals surface area contributed by atoms with Crippen LogP contribution in [0.5, 0.6) is 0 Å². The first-order valence-electron chi connectivity index (χ1n) is 2.33. The Labute approximate surface area is 75.6 Å². The van der Waals surface area contributed by atoms with Crippen molar-refractivity contribution in [2.75, 3.05) is 5.73 Å². The van der Waals surface area contributed by atoms with Gasteiger partial charge in [-0.1, -0.05) is 0 Å². The third-order valence-electron chi connectivity index (χ3n) is 0.893. The number of hydrogen-bond donors (Lipinski definition) is 2. The molecule has 0 aliphatic carbocycles. The molecule has 1 nitrogen and oxygen atoms in total. The zero-order chi connectivity index (χ0) is 5.98. The fourth-order valence-corrected chi connectivity index (χ4v) is 0.623. The van der Waals surface area contributed by atoms with Crippen LogP contribution in [0.2, 0.25) is 0 Å². The monoisotopic (exact) mass is 322 g/mol. The van der Waals surface area contributed by atoms with Crippen LogP contribution in [0.3, 0.4) is 0 Å². The van der Waals surface area contributed by atoms with Gasteiger partial charge in [-0.15, -0.1) is 12.6 Å². The summed E-state index contributed by atoms with van der Waals surface area (Å²) >= 11 is 4.08. The fraction of sp³-hybridized carbons (Fsp3) is 0. The molecule has 0 aromatic heterocycles. The Morgan fingerprint density at radius 3 is 1.89 bits per heavy atom. The molecule has 1 aromatic carbocycles. The van der Waals surface area contributed by atoms with E-state index in [0.29, 0.717) is 0 Å². The van der Waals surface area contributed by atoms with Gasteiger partial charge >= 0.3 is 22.4 Å². The minimum absolute atomic E-state index is 0. The maximum Gasteiger partial charge on any atom is 1.00 e. The van der Waals surface area contributed by atoms with Gasteiger partial charge in [0.05, 0.1) is 0 Å². The molecule has 0 amide bonds. The van der Waals surface area contributed by atoms with Gasteiger partial charge in [-0.25, -0.2) is 0 Å². The molecule has 9 heavy (non-hydrogen) atoms. The Hall–Kier alpha value is 0.110. The normalized spacial score (nSPS) is 8.11. The molecule has 0 spiro atoms. The molecule has 0 radical (unpaired) electrons. The second-order valence-electron chi connectivity index (χ2n) is 1.59. The standard InChI is InChI=1S/C6H7NS.Au/c7-5-1-3-6(8)4-2-5;/h1-4,8H,7H2;/q;+1. The van der Waals surface area contributed by atoms with Crippen LogP contribution >= 0.6 is 12.6 Å². The molecule has 0 aliphatic heterocycles. The Morgan fingerprint density at radius 1 is 1.11 bits per heavy atom. The first-order valence-corrected chi connectivity index (χ1v) is 2.78. The molecule has 2 N–H and O–H groups in total. The Bertz CT molecular complexity index is 152. The number of rotatable bonds is 0. The predicted molar refractivity (Wildman–Crippen MR) is 38.1 cm³/mol. The summed E-state index contributed by atoms with van der Waals surface area (Å²) in [4.78, 5) is 0.944. The van der Waals surface area contributed by atoms with Crippen LogP contribution in [0.4, 0.5) is 5.69 Å². The summed E-state index contributed by atoms with van der Waals surface area (Å²) < 4.78 is 0.